The molecule has 0 saturated carbocycles. The van der Waals surface area contributed by atoms with Crippen LogP contribution in [0.5, 0.6) is 11.5 Å². The highest BCUT2D eigenvalue weighted by molar-refractivity contribution is 5.86. The second kappa shape index (κ2) is 7.51. The second-order valence-electron chi connectivity index (χ2n) is 6.18. The minimum absolute atomic E-state index is 0.0621. The number of hydrogen-bond acceptors (Lipinski definition) is 6. The number of hydrogen-bond donors (Lipinski definition) is 2. The van der Waals surface area contributed by atoms with E-state index in [1.807, 2.05) is 0 Å². The smallest absolute Gasteiger partial charge is 0.317 e. The molecule has 0 bridgehead atoms. The number of phenolic OH excluding ortho intramolecular Hbond substituents is 1. The Labute approximate surface area is 155 Å². The Morgan fingerprint density at radius 3 is 2.63 bits per heavy atom. The van der Waals surface area contributed by atoms with Crippen LogP contribution >= 0.6 is 0 Å². The topological polar surface area (TPSA) is 100 Å². The molecule has 0 saturated heterocycles. The van der Waals surface area contributed by atoms with Crippen molar-refractivity contribution in [1.29, 1.82) is 0 Å². The highest BCUT2D eigenvalue weighted by Gasteiger charge is 2.18. The first-order valence-corrected chi connectivity index (χ1v) is 8.22. The minimum atomic E-state index is -0.989. The number of nitrogens with zero attached hydrogens (tertiary/aromatic N) is 1. The van der Waals surface area contributed by atoms with Crippen LogP contribution in [0.15, 0.2) is 51.9 Å². The molecule has 0 aliphatic carbocycles. The van der Waals surface area contributed by atoms with Gasteiger partial charge >= 0.3 is 5.97 Å². The van der Waals surface area contributed by atoms with E-state index in [1.54, 1.807) is 31.3 Å². The Hall–Kier alpha value is -3.32. The molecule has 0 aliphatic heterocycles. The van der Waals surface area contributed by atoms with Crippen molar-refractivity contribution in [1.82, 2.24) is 4.90 Å². The Morgan fingerprint density at radius 2 is 1.93 bits per heavy atom. The summed E-state index contributed by atoms with van der Waals surface area (Å²) in [6.45, 7) is -0.0915. The first kappa shape index (κ1) is 18.5. The lowest BCUT2D eigenvalue weighted by Gasteiger charge is -2.16. The Morgan fingerprint density at radius 1 is 1.19 bits per heavy atom. The lowest BCUT2D eigenvalue weighted by atomic mass is 10.0. The zero-order valence-corrected chi connectivity index (χ0v) is 14.9. The third-order valence-corrected chi connectivity index (χ3v) is 4.25. The Kier molecular flexibility index (Phi) is 5.14. The molecule has 27 heavy (non-hydrogen) atoms. The van der Waals surface area contributed by atoms with E-state index in [0.717, 1.165) is 0 Å². The molecule has 7 heteroatoms. The molecule has 7 nitrogen and oxygen atoms in total. The predicted octanol–water partition coefficient (Wildman–Crippen LogP) is 2.69. The van der Waals surface area contributed by atoms with Crippen LogP contribution in [0, 0.1) is 0 Å². The van der Waals surface area contributed by atoms with E-state index in [4.69, 9.17) is 14.3 Å². The number of phenols is 1. The van der Waals surface area contributed by atoms with E-state index in [9.17, 15) is 14.7 Å². The number of fused-ring (bicyclic) bond motifs is 1. The fourth-order valence-corrected chi connectivity index (χ4v) is 3.01. The summed E-state index contributed by atoms with van der Waals surface area (Å²) in [5.74, 6) is -0.505. The van der Waals surface area contributed by atoms with Crippen molar-refractivity contribution in [2.24, 2.45) is 0 Å². The quantitative estimate of drug-likeness (QED) is 0.689. The maximum atomic E-state index is 13.0. The number of methoxy groups -OCH3 is 1. The van der Waals surface area contributed by atoms with Crippen LogP contribution in [0.3, 0.4) is 0 Å². The van der Waals surface area contributed by atoms with Gasteiger partial charge in [0.2, 0.25) is 5.43 Å². The van der Waals surface area contributed by atoms with Crippen molar-refractivity contribution in [2.75, 3.05) is 20.7 Å². The Balaban J connectivity index is 2.14. The first-order chi connectivity index (χ1) is 12.9. The number of likely N-dealkylation sites (N-methyl/N-ethyl adjacent to an activating group) is 1. The SMILES string of the molecule is COc1ccccc1-c1coc2c(CN(C)CC(=O)O)c(O)ccc2c1=O. The van der Waals surface area contributed by atoms with Gasteiger partial charge in [0.15, 0.2) is 0 Å². The molecule has 2 N–H and O–H groups in total. The number of benzene rings is 2. The van der Waals surface area contributed by atoms with Crippen LogP contribution in [0.4, 0.5) is 0 Å². The molecule has 0 fully saturated rings. The van der Waals surface area contributed by atoms with E-state index in [0.29, 0.717) is 27.8 Å². The van der Waals surface area contributed by atoms with Crippen molar-refractivity contribution in [3.05, 3.63) is 58.4 Å². The number of carbonyl (C=O) groups is 1. The largest absolute Gasteiger partial charge is 0.507 e. The fourth-order valence-electron chi connectivity index (χ4n) is 3.01. The zero-order valence-electron chi connectivity index (χ0n) is 14.9. The van der Waals surface area contributed by atoms with Gasteiger partial charge in [0.1, 0.15) is 23.3 Å². The summed E-state index contributed by atoms with van der Waals surface area (Å²) >= 11 is 0. The van der Waals surface area contributed by atoms with E-state index in [2.05, 4.69) is 0 Å². The third-order valence-electron chi connectivity index (χ3n) is 4.25. The van der Waals surface area contributed by atoms with Crippen LogP contribution in [-0.2, 0) is 11.3 Å². The summed E-state index contributed by atoms with van der Waals surface area (Å²) < 4.78 is 11.0. The van der Waals surface area contributed by atoms with Crippen LogP contribution in [0.25, 0.3) is 22.1 Å². The van der Waals surface area contributed by atoms with Gasteiger partial charge in [-0.3, -0.25) is 14.5 Å². The monoisotopic (exact) mass is 369 g/mol. The zero-order chi connectivity index (χ0) is 19.6. The van der Waals surface area contributed by atoms with Crippen molar-refractivity contribution < 1.29 is 24.2 Å². The molecule has 1 aromatic heterocycles. The van der Waals surface area contributed by atoms with Gasteiger partial charge in [-0.25, -0.2) is 0 Å². The summed E-state index contributed by atoms with van der Waals surface area (Å²) in [5, 5.41) is 19.4. The normalized spacial score (nSPS) is 11.1. The molecular formula is C20H19NO6. The average Bonchev–Trinajstić information content (AvgIpc) is 2.64. The summed E-state index contributed by atoms with van der Waals surface area (Å²) in [6, 6.07) is 10.0. The number of aliphatic carboxylic acids is 1. The van der Waals surface area contributed by atoms with Gasteiger partial charge in [-0.05, 0) is 25.2 Å². The average molecular weight is 369 g/mol. The number of aromatic hydroxyl groups is 1. The molecule has 3 aromatic rings. The molecule has 0 atom stereocenters. The van der Waals surface area contributed by atoms with Gasteiger partial charge in [0, 0.05) is 12.1 Å². The van der Waals surface area contributed by atoms with Crippen molar-refractivity contribution in [3.63, 3.8) is 0 Å². The molecule has 0 radical (unpaired) electrons. The van der Waals surface area contributed by atoms with E-state index in [-0.39, 0.29) is 29.9 Å². The lowest BCUT2D eigenvalue weighted by Crippen LogP contribution is -2.25. The Bertz CT molecular complexity index is 1060. The predicted molar refractivity (Wildman–Crippen MR) is 100 cm³/mol. The molecule has 0 unspecified atom stereocenters. The van der Waals surface area contributed by atoms with Crippen molar-refractivity contribution in [2.45, 2.75) is 6.54 Å². The summed E-state index contributed by atoms with van der Waals surface area (Å²) in [7, 11) is 3.13. The minimum Gasteiger partial charge on any atom is -0.507 e. The standard InChI is InChI=1S/C20H19NO6/c1-21(10-18(23)24)9-14-16(22)8-7-13-19(25)15(11-27-20(13)14)12-5-3-4-6-17(12)26-2/h3-8,11,22H,9-10H2,1-2H3,(H,23,24). The van der Waals surface area contributed by atoms with Gasteiger partial charge in [-0.1, -0.05) is 18.2 Å². The van der Waals surface area contributed by atoms with Gasteiger partial charge < -0.3 is 19.4 Å². The van der Waals surface area contributed by atoms with Gasteiger partial charge in [-0.2, -0.15) is 0 Å². The number of carboxylic acid groups (broad SMARTS) is 1. The van der Waals surface area contributed by atoms with E-state index in [1.165, 1.54) is 30.4 Å². The molecule has 1 heterocycles. The maximum absolute atomic E-state index is 13.0. The fraction of sp³-hybridized carbons (Fsp3) is 0.200. The van der Waals surface area contributed by atoms with Gasteiger partial charge in [0.05, 0.1) is 30.2 Å². The van der Waals surface area contributed by atoms with Crippen LogP contribution in [0.1, 0.15) is 5.56 Å². The van der Waals surface area contributed by atoms with E-state index < -0.39 is 5.97 Å². The molecule has 140 valence electrons. The number of rotatable bonds is 6. The first-order valence-electron chi connectivity index (χ1n) is 8.22. The van der Waals surface area contributed by atoms with Gasteiger partial charge in [0.25, 0.3) is 0 Å². The number of para-hydroxylation sites is 1. The molecule has 0 aliphatic rings. The highest BCUT2D eigenvalue weighted by Crippen LogP contribution is 2.31. The van der Waals surface area contributed by atoms with Gasteiger partial charge in [-0.15, -0.1) is 0 Å². The summed E-state index contributed by atoms with van der Waals surface area (Å²) in [4.78, 5) is 25.4. The van der Waals surface area contributed by atoms with Crippen LogP contribution in [-0.4, -0.2) is 41.8 Å². The van der Waals surface area contributed by atoms with Crippen LogP contribution < -0.4 is 10.2 Å². The third kappa shape index (κ3) is 3.63. The second-order valence-corrected chi connectivity index (χ2v) is 6.18. The molecule has 0 spiro atoms. The molecule has 0 amide bonds. The van der Waals surface area contributed by atoms with Crippen molar-refractivity contribution in [3.8, 4) is 22.6 Å². The summed E-state index contributed by atoms with van der Waals surface area (Å²) in [6.07, 6.45) is 1.34. The lowest BCUT2D eigenvalue weighted by molar-refractivity contribution is -0.138. The molecule has 2 aromatic carbocycles. The highest BCUT2D eigenvalue weighted by atomic mass is 16.5. The molecule has 3 rings (SSSR count). The maximum Gasteiger partial charge on any atom is 0.317 e. The molecular weight excluding hydrogens is 350 g/mol. The number of carboxylic acids is 1. The number of ether oxygens (including phenoxy) is 1. The summed E-state index contributed by atoms with van der Waals surface area (Å²) in [5.41, 5.74) is 1.28. The van der Waals surface area contributed by atoms with Crippen LogP contribution in [0.2, 0.25) is 0 Å². The van der Waals surface area contributed by atoms with Crippen molar-refractivity contribution >= 4 is 16.9 Å². The van der Waals surface area contributed by atoms with E-state index >= 15 is 0 Å².